The van der Waals surface area contributed by atoms with Crippen LogP contribution in [0, 0.1) is 12.7 Å². The minimum Gasteiger partial charge on any atom is -0.325 e. The molecule has 0 amide bonds. The molecule has 8 nitrogen and oxygen atoms in total. The van der Waals surface area contributed by atoms with Crippen LogP contribution in [0.1, 0.15) is 35.5 Å². The van der Waals surface area contributed by atoms with Crippen molar-refractivity contribution in [3.63, 3.8) is 0 Å². The van der Waals surface area contributed by atoms with Gasteiger partial charge in [0.05, 0.1) is 0 Å². The van der Waals surface area contributed by atoms with Crippen LogP contribution in [0.3, 0.4) is 0 Å². The molecule has 2 bridgehead atoms. The van der Waals surface area contributed by atoms with E-state index in [1.54, 1.807) is 30.6 Å². The second kappa shape index (κ2) is 10.3. The Morgan fingerprint density at radius 3 is 2.54 bits per heavy atom. The number of aryl methyl sites for hydroxylation is 1. The number of benzene rings is 1. The number of nitrogens with one attached hydrogen (secondary N) is 2. The fraction of sp³-hybridized carbons (Fsp3) is 0.321. The first-order valence-electron chi connectivity index (χ1n) is 12.7. The molecule has 2 unspecified atom stereocenters. The van der Waals surface area contributed by atoms with Gasteiger partial charge in [-0.1, -0.05) is 18.2 Å². The summed E-state index contributed by atoms with van der Waals surface area (Å²) in [5.74, 6) is 2.29. The van der Waals surface area contributed by atoms with E-state index in [0.29, 0.717) is 54.0 Å². The normalized spacial score (nSPS) is 19.2. The summed E-state index contributed by atoms with van der Waals surface area (Å²) >= 11 is 0. The molecular weight excluding hydrogens is 467 g/mol. The average Bonchev–Trinajstić information content (AvgIpc) is 3.11. The van der Waals surface area contributed by atoms with Crippen LogP contribution >= 0.6 is 0 Å². The van der Waals surface area contributed by atoms with Gasteiger partial charge in [0, 0.05) is 61.8 Å². The third-order valence-corrected chi connectivity index (χ3v) is 7.09. The summed E-state index contributed by atoms with van der Waals surface area (Å²) in [6, 6.07) is 15.7. The zero-order valence-corrected chi connectivity index (χ0v) is 20.7. The Morgan fingerprint density at radius 2 is 1.73 bits per heavy atom. The van der Waals surface area contributed by atoms with Crippen molar-refractivity contribution < 1.29 is 4.39 Å². The molecule has 37 heavy (non-hydrogen) atoms. The predicted molar refractivity (Wildman–Crippen MR) is 140 cm³/mol. The van der Waals surface area contributed by atoms with Gasteiger partial charge in [-0.3, -0.25) is 4.90 Å². The standard InChI is InChI=1S/C28H29FN8/c1-18-3-2-4-24(33-18)28-32-12-10-26(36-28)34-25-9-11-31-27(35-25)14-19-5-8-23(29)20(13-19)17-37-21-6-7-22(37)16-30-15-21/h2-5,8-13,21-22,30H,6-7,14-17H2,1H3,(H,31,32,34,35,36). The first-order chi connectivity index (χ1) is 18.1. The maximum absolute atomic E-state index is 14.7. The molecule has 188 valence electrons. The van der Waals surface area contributed by atoms with E-state index < -0.39 is 0 Å². The molecular formula is C28H29FN8. The highest BCUT2D eigenvalue weighted by Crippen LogP contribution is 2.29. The summed E-state index contributed by atoms with van der Waals surface area (Å²) in [6.45, 7) is 4.56. The molecule has 2 saturated heterocycles. The van der Waals surface area contributed by atoms with Crippen molar-refractivity contribution in [2.45, 2.75) is 44.8 Å². The van der Waals surface area contributed by atoms with E-state index in [4.69, 9.17) is 0 Å². The third-order valence-electron chi connectivity index (χ3n) is 7.09. The van der Waals surface area contributed by atoms with Crippen molar-refractivity contribution in [2.75, 3.05) is 18.4 Å². The predicted octanol–water partition coefficient (Wildman–Crippen LogP) is 4.05. The molecule has 2 fully saturated rings. The number of hydrogen-bond acceptors (Lipinski definition) is 8. The molecule has 2 N–H and O–H groups in total. The van der Waals surface area contributed by atoms with Crippen LogP contribution in [0.5, 0.6) is 0 Å². The SMILES string of the molecule is Cc1cccc(-c2nccc(Nc3ccnc(Cc4ccc(F)c(CN5C6CCC5CNC6)c4)n3)n2)n1. The molecule has 4 aromatic rings. The van der Waals surface area contributed by atoms with Crippen LogP contribution < -0.4 is 10.6 Å². The Hall–Kier alpha value is -3.82. The first kappa shape index (κ1) is 23.6. The lowest BCUT2D eigenvalue weighted by Crippen LogP contribution is -2.51. The van der Waals surface area contributed by atoms with E-state index in [-0.39, 0.29) is 5.82 Å². The van der Waals surface area contributed by atoms with Gasteiger partial charge in [-0.2, -0.15) is 0 Å². The van der Waals surface area contributed by atoms with Crippen molar-refractivity contribution in [2.24, 2.45) is 0 Å². The number of rotatable bonds is 7. The van der Waals surface area contributed by atoms with E-state index >= 15 is 0 Å². The number of nitrogens with zero attached hydrogens (tertiary/aromatic N) is 6. The van der Waals surface area contributed by atoms with Crippen LogP contribution in [-0.2, 0) is 13.0 Å². The van der Waals surface area contributed by atoms with Gasteiger partial charge in [0.2, 0.25) is 0 Å². The van der Waals surface area contributed by atoms with Gasteiger partial charge >= 0.3 is 0 Å². The second-order valence-corrected chi connectivity index (χ2v) is 9.73. The van der Waals surface area contributed by atoms with Gasteiger partial charge in [0.25, 0.3) is 0 Å². The lowest BCUT2D eigenvalue weighted by atomic mass is 10.1. The molecule has 0 radical (unpaired) electrons. The Labute approximate surface area is 215 Å². The Balaban J connectivity index is 1.16. The summed E-state index contributed by atoms with van der Waals surface area (Å²) in [5.41, 5.74) is 3.35. The highest BCUT2D eigenvalue weighted by molar-refractivity contribution is 5.56. The number of hydrogen-bond donors (Lipinski definition) is 2. The maximum atomic E-state index is 14.7. The lowest BCUT2D eigenvalue weighted by molar-refractivity contribution is 0.143. The number of pyridine rings is 1. The van der Waals surface area contributed by atoms with Gasteiger partial charge in [-0.05, 0) is 55.7 Å². The number of aromatic nitrogens is 5. The van der Waals surface area contributed by atoms with Crippen LogP contribution in [-0.4, -0.2) is 55.0 Å². The van der Waals surface area contributed by atoms with Crippen molar-refractivity contribution >= 4 is 11.6 Å². The van der Waals surface area contributed by atoms with Gasteiger partial charge in [0.1, 0.15) is 29.0 Å². The van der Waals surface area contributed by atoms with Crippen molar-refractivity contribution in [3.8, 4) is 11.5 Å². The summed E-state index contributed by atoms with van der Waals surface area (Å²) in [7, 11) is 0. The molecule has 2 aliphatic rings. The van der Waals surface area contributed by atoms with Crippen LogP contribution in [0.4, 0.5) is 16.0 Å². The minimum absolute atomic E-state index is 0.152. The molecule has 1 aromatic carbocycles. The first-order valence-corrected chi connectivity index (χ1v) is 12.7. The number of anilines is 2. The Kier molecular flexibility index (Phi) is 6.55. The van der Waals surface area contributed by atoms with Crippen molar-refractivity contribution in [1.82, 2.24) is 35.1 Å². The summed E-state index contributed by atoms with van der Waals surface area (Å²) in [5, 5.41) is 6.73. The van der Waals surface area contributed by atoms with E-state index in [1.165, 1.54) is 12.8 Å². The van der Waals surface area contributed by atoms with E-state index in [9.17, 15) is 4.39 Å². The zero-order chi connectivity index (χ0) is 25.2. The summed E-state index contributed by atoms with van der Waals surface area (Å²) in [6.07, 6.45) is 6.29. The highest BCUT2D eigenvalue weighted by Gasteiger charge is 2.36. The topological polar surface area (TPSA) is 91.8 Å². The molecule has 0 spiro atoms. The van der Waals surface area contributed by atoms with Crippen molar-refractivity contribution in [1.29, 1.82) is 0 Å². The van der Waals surface area contributed by atoms with E-state index in [0.717, 1.165) is 29.9 Å². The van der Waals surface area contributed by atoms with Crippen molar-refractivity contribution in [3.05, 3.63) is 89.4 Å². The summed E-state index contributed by atoms with van der Waals surface area (Å²) < 4.78 is 14.7. The minimum atomic E-state index is -0.152. The second-order valence-electron chi connectivity index (χ2n) is 9.73. The molecule has 2 atom stereocenters. The molecule has 9 heteroatoms. The van der Waals surface area contributed by atoms with Crippen LogP contribution in [0.2, 0.25) is 0 Å². The smallest absolute Gasteiger partial charge is 0.180 e. The van der Waals surface area contributed by atoms with Gasteiger partial charge < -0.3 is 10.6 Å². The molecule has 2 aliphatic heterocycles. The quantitative estimate of drug-likeness (QED) is 0.396. The van der Waals surface area contributed by atoms with Crippen LogP contribution in [0.15, 0.2) is 60.9 Å². The Bertz CT molecular complexity index is 1390. The number of halogens is 1. The third kappa shape index (κ3) is 5.33. The molecule has 0 saturated carbocycles. The monoisotopic (exact) mass is 496 g/mol. The van der Waals surface area contributed by atoms with E-state index in [2.05, 4.69) is 40.5 Å². The lowest BCUT2D eigenvalue weighted by Gasteiger charge is -2.35. The molecule has 3 aromatic heterocycles. The average molecular weight is 497 g/mol. The number of piperazine rings is 1. The Morgan fingerprint density at radius 1 is 0.946 bits per heavy atom. The zero-order valence-electron chi connectivity index (χ0n) is 20.7. The van der Waals surface area contributed by atoms with Crippen LogP contribution in [0.25, 0.3) is 11.5 Å². The molecule has 5 heterocycles. The number of fused-ring (bicyclic) bond motifs is 2. The molecule has 6 rings (SSSR count). The van der Waals surface area contributed by atoms with Gasteiger partial charge in [0.15, 0.2) is 5.82 Å². The maximum Gasteiger partial charge on any atom is 0.180 e. The summed E-state index contributed by atoms with van der Waals surface area (Å²) in [4.78, 5) is 25.0. The van der Waals surface area contributed by atoms with Gasteiger partial charge in [-0.15, -0.1) is 0 Å². The highest BCUT2D eigenvalue weighted by atomic mass is 19.1. The van der Waals surface area contributed by atoms with E-state index in [1.807, 2.05) is 37.3 Å². The fourth-order valence-corrected chi connectivity index (χ4v) is 5.27. The fourth-order valence-electron chi connectivity index (χ4n) is 5.27. The van der Waals surface area contributed by atoms with Gasteiger partial charge in [-0.25, -0.2) is 29.3 Å². The largest absolute Gasteiger partial charge is 0.325 e. The molecule has 0 aliphatic carbocycles.